The molecule has 0 bridgehead atoms. The highest BCUT2D eigenvalue weighted by molar-refractivity contribution is 5.77. The van der Waals surface area contributed by atoms with E-state index in [0.29, 0.717) is 24.8 Å². The number of rotatable bonds is 10. The van der Waals surface area contributed by atoms with Crippen molar-refractivity contribution < 1.29 is 14.7 Å². The highest BCUT2D eigenvalue weighted by Crippen LogP contribution is 2.20. The molecule has 0 saturated heterocycles. The molecule has 0 spiro atoms. The van der Waals surface area contributed by atoms with E-state index >= 15 is 0 Å². The second-order valence-corrected chi connectivity index (χ2v) is 6.11. The molecular formula is C15H30N2O3. The Kier molecular flexibility index (Phi) is 9.21. The number of carbonyl (C=O) groups excluding carboxylic acids is 1. The Balaban J connectivity index is 4.13. The van der Waals surface area contributed by atoms with Crippen molar-refractivity contribution in [1.29, 1.82) is 0 Å². The van der Waals surface area contributed by atoms with Crippen LogP contribution in [-0.4, -0.2) is 30.1 Å². The van der Waals surface area contributed by atoms with Crippen LogP contribution in [0.25, 0.3) is 0 Å². The first-order valence-corrected chi connectivity index (χ1v) is 7.49. The first-order chi connectivity index (χ1) is 9.29. The molecule has 0 heterocycles. The zero-order valence-electron chi connectivity index (χ0n) is 13.2. The van der Waals surface area contributed by atoms with Gasteiger partial charge in [-0.05, 0) is 37.1 Å². The minimum absolute atomic E-state index is 0.00783. The topological polar surface area (TPSA) is 92.4 Å². The average Bonchev–Trinajstić information content (AvgIpc) is 2.33. The Morgan fingerprint density at radius 2 is 1.70 bits per heavy atom. The molecular weight excluding hydrogens is 256 g/mol. The molecule has 4 N–H and O–H groups in total. The van der Waals surface area contributed by atoms with Crippen LogP contribution < -0.4 is 11.1 Å². The SMILES string of the molecule is CC(C)C(CCN)CCC(=O)NCC(C(=O)O)C(C)C. The van der Waals surface area contributed by atoms with Gasteiger partial charge in [0.15, 0.2) is 0 Å². The van der Waals surface area contributed by atoms with E-state index in [1.807, 2.05) is 13.8 Å². The number of nitrogens with two attached hydrogens (primary N) is 1. The summed E-state index contributed by atoms with van der Waals surface area (Å²) in [4.78, 5) is 22.8. The number of hydrogen-bond donors (Lipinski definition) is 3. The highest BCUT2D eigenvalue weighted by atomic mass is 16.4. The van der Waals surface area contributed by atoms with Crippen LogP contribution >= 0.6 is 0 Å². The van der Waals surface area contributed by atoms with Gasteiger partial charge < -0.3 is 16.2 Å². The van der Waals surface area contributed by atoms with Crippen molar-refractivity contribution in [3.8, 4) is 0 Å². The standard InChI is InChI=1S/C15H30N2O3/c1-10(2)12(7-8-16)5-6-14(18)17-9-13(11(3)4)15(19)20/h10-13H,5-9,16H2,1-4H3,(H,17,18)(H,19,20). The molecule has 5 nitrogen and oxygen atoms in total. The number of hydrogen-bond acceptors (Lipinski definition) is 3. The van der Waals surface area contributed by atoms with E-state index in [1.165, 1.54) is 0 Å². The molecule has 118 valence electrons. The Morgan fingerprint density at radius 1 is 1.10 bits per heavy atom. The van der Waals surface area contributed by atoms with Crippen LogP contribution in [0.1, 0.15) is 47.0 Å². The maximum Gasteiger partial charge on any atom is 0.308 e. The van der Waals surface area contributed by atoms with Gasteiger partial charge in [0.1, 0.15) is 0 Å². The zero-order valence-corrected chi connectivity index (χ0v) is 13.2. The van der Waals surface area contributed by atoms with Gasteiger partial charge in [-0.3, -0.25) is 9.59 Å². The number of carbonyl (C=O) groups is 2. The van der Waals surface area contributed by atoms with Crippen molar-refractivity contribution in [1.82, 2.24) is 5.32 Å². The summed E-state index contributed by atoms with van der Waals surface area (Å²) < 4.78 is 0. The van der Waals surface area contributed by atoms with Gasteiger partial charge in [-0.15, -0.1) is 0 Å². The van der Waals surface area contributed by atoms with E-state index in [4.69, 9.17) is 10.8 Å². The molecule has 0 aliphatic rings. The van der Waals surface area contributed by atoms with Crippen LogP contribution in [-0.2, 0) is 9.59 Å². The van der Waals surface area contributed by atoms with Gasteiger partial charge in [0.05, 0.1) is 5.92 Å². The quantitative estimate of drug-likeness (QED) is 0.571. The number of carboxylic acids is 1. The molecule has 0 aromatic carbocycles. The first-order valence-electron chi connectivity index (χ1n) is 7.49. The maximum atomic E-state index is 11.8. The molecule has 0 radical (unpaired) electrons. The second kappa shape index (κ2) is 9.75. The van der Waals surface area contributed by atoms with Crippen LogP contribution in [0, 0.1) is 23.7 Å². The van der Waals surface area contributed by atoms with E-state index in [-0.39, 0.29) is 18.4 Å². The lowest BCUT2D eigenvalue weighted by molar-refractivity contribution is -0.143. The average molecular weight is 286 g/mol. The van der Waals surface area contributed by atoms with Gasteiger partial charge in [-0.1, -0.05) is 27.7 Å². The van der Waals surface area contributed by atoms with E-state index in [0.717, 1.165) is 12.8 Å². The normalized spacial score (nSPS) is 14.3. The molecule has 0 rings (SSSR count). The summed E-state index contributed by atoms with van der Waals surface area (Å²) >= 11 is 0. The number of amides is 1. The molecule has 2 atom stereocenters. The molecule has 0 aliphatic heterocycles. The molecule has 5 heteroatoms. The van der Waals surface area contributed by atoms with E-state index in [9.17, 15) is 9.59 Å². The van der Waals surface area contributed by atoms with Gasteiger partial charge in [0.2, 0.25) is 5.91 Å². The van der Waals surface area contributed by atoms with Crippen LogP contribution in [0.5, 0.6) is 0 Å². The lowest BCUT2D eigenvalue weighted by Crippen LogP contribution is -2.35. The van der Waals surface area contributed by atoms with E-state index in [1.54, 1.807) is 0 Å². The Labute approximate surface area is 122 Å². The third kappa shape index (κ3) is 7.48. The van der Waals surface area contributed by atoms with Gasteiger partial charge in [0.25, 0.3) is 0 Å². The summed E-state index contributed by atoms with van der Waals surface area (Å²) in [5, 5.41) is 11.8. The molecule has 1 amide bonds. The van der Waals surface area contributed by atoms with Gasteiger partial charge in [0, 0.05) is 13.0 Å². The predicted octanol–water partition coefficient (Wildman–Crippen LogP) is 1.86. The van der Waals surface area contributed by atoms with Crippen LogP contribution in [0.3, 0.4) is 0 Å². The van der Waals surface area contributed by atoms with Crippen LogP contribution in [0.2, 0.25) is 0 Å². The number of nitrogens with one attached hydrogen (secondary N) is 1. The summed E-state index contributed by atoms with van der Waals surface area (Å²) in [6.45, 7) is 8.81. The lowest BCUT2D eigenvalue weighted by atomic mass is 9.88. The summed E-state index contributed by atoms with van der Waals surface area (Å²) in [5.74, 6) is -0.486. The summed E-state index contributed by atoms with van der Waals surface area (Å²) in [7, 11) is 0. The zero-order chi connectivity index (χ0) is 15.7. The first kappa shape index (κ1) is 18.9. The molecule has 0 fully saturated rings. The number of aliphatic carboxylic acids is 1. The van der Waals surface area contributed by atoms with Crippen molar-refractivity contribution in [3.63, 3.8) is 0 Å². The van der Waals surface area contributed by atoms with Crippen LogP contribution in [0.4, 0.5) is 0 Å². The minimum atomic E-state index is -0.858. The summed E-state index contributed by atoms with van der Waals surface area (Å²) in [5.41, 5.74) is 5.57. The monoisotopic (exact) mass is 286 g/mol. The molecule has 0 aliphatic carbocycles. The smallest absolute Gasteiger partial charge is 0.308 e. The molecule has 0 saturated carbocycles. The van der Waals surface area contributed by atoms with Crippen molar-refractivity contribution in [2.45, 2.75) is 47.0 Å². The Hall–Kier alpha value is -1.10. The largest absolute Gasteiger partial charge is 0.481 e. The highest BCUT2D eigenvalue weighted by Gasteiger charge is 2.22. The van der Waals surface area contributed by atoms with Crippen molar-refractivity contribution in [2.75, 3.05) is 13.1 Å². The fourth-order valence-electron chi connectivity index (χ4n) is 2.26. The molecule has 0 aromatic rings. The molecule has 20 heavy (non-hydrogen) atoms. The number of carboxylic acid groups (broad SMARTS) is 1. The summed E-state index contributed by atoms with van der Waals surface area (Å²) in [6, 6.07) is 0. The van der Waals surface area contributed by atoms with Crippen molar-refractivity contribution in [2.24, 2.45) is 29.4 Å². The third-order valence-electron chi connectivity index (χ3n) is 3.86. The van der Waals surface area contributed by atoms with Gasteiger partial charge in [-0.25, -0.2) is 0 Å². The van der Waals surface area contributed by atoms with Crippen molar-refractivity contribution in [3.05, 3.63) is 0 Å². The van der Waals surface area contributed by atoms with Gasteiger partial charge >= 0.3 is 5.97 Å². The van der Waals surface area contributed by atoms with Crippen molar-refractivity contribution >= 4 is 11.9 Å². The fraction of sp³-hybridized carbons (Fsp3) is 0.867. The lowest BCUT2D eigenvalue weighted by Gasteiger charge is -2.20. The van der Waals surface area contributed by atoms with E-state index < -0.39 is 11.9 Å². The Morgan fingerprint density at radius 3 is 2.10 bits per heavy atom. The minimum Gasteiger partial charge on any atom is -0.481 e. The fourth-order valence-corrected chi connectivity index (χ4v) is 2.26. The molecule has 0 aromatic heterocycles. The predicted molar refractivity (Wildman–Crippen MR) is 80.2 cm³/mol. The second-order valence-electron chi connectivity index (χ2n) is 6.11. The summed E-state index contributed by atoms with van der Waals surface area (Å²) in [6.07, 6.45) is 2.17. The molecule has 2 unspecified atom stereocenters. The third-order valence-corrected chi connectivity index (χ3v) is 3.86. The van der Waals surface area contributed by atoms with E-state index in [2.05, 4.69) is 19.2 Å². The Bertz CT molecular complexity index is 303. The van der Waals surface area contributed by atoms with Crippen LogP contribution in [0.15, 0.2) is 0 Å². The maximum absolute atomic E-state index is 11.8. The van der Waals surface area contributed by atoms with Gasteiger partial charge in [-0.2, -0.15) is 0 Å².